The lowest BCUT2D eigenvalue weighted by Crippen LogP contribution is -2.60. The van der Waals surface area contributed by atoms with Crippen molar-refractivity contribution in [1.82, 2.24) is 14.7 Å². The van der Waals surface area contributed by atoms with Crippen LogP contribution in [0.2, 0.25) is 0 Å². The molecule has 4 fully saturated rings. The summed E-state index contributed by atoms with van der Waals surface area (Å²) in [6, 6.07) is 6.63. The molecule has 1 aromatic rings. The number of piperidine rings is 1. The number of halogens is 1. The number of ether oxygens (including phenoxy) is 1. The second kappa shape index (κ2) is 6.72. The highest BCUT2D eigenvalue weighted by molar-refractivity contribution is 5.81. The zero-order valence-electron chi connectivity index (χ0n) is 16.0. The van der Waals surface area contributed by atoms with Gasteiger partial charge in [-0.2, -0.15) is 0 Å². The molecule has 28 heavy (non-hydrogen) atoms. The van der Waals surface area contributed by atoms with Crippen LogP contribution in [0.5, 0.6) is 0 Å². The van der Waals surface area contributed by atoms with Crippen molar-refractivity contribution in [3.63, 3.8) is 0 Å². The number of piperazine rings is 1. The minimum Gasteiger partial charge on any atom is -0.440 e. The quantitative estimate of drug-likeness (QED) is 0.798. The van der Waals surface area contributed by atoms with Crippen molar-refractivity contribution in [3.8, 4) is 0 Å². The largest absolute Gasteiger partial charge is 0.440 e. The first-order chi connectivity index (χ1) is 13.5. The maximum absolute atomic E-state index is 13.2. The summed E-state index contributed by atoms with van der Waals surface area (Å²) < 4.78 is 19.1. The number of fused-ring (bicyclic) bond motifs is 2. The number of rotatable bonds is 3. The molecule has 7 heteroatoms. The van der Waals surface area contributed by atoms with E-state index >= 15 is 0 Å². The highest BCUT2D eigenvalue weighted by Crippen LogP contribution is 2.41. The van der Waals surface area contributed by atoms with Crippen molar-refractivity contribution in [2.75, 3.05) is 32.7 Å². The van der Waals surface area contributed by atoms with E-state index in [4.69, 9.17) is 4.74 Å². The van der Waals surface area contributed by atoms with E-state index in [-0.39, 0.29) is 29.8 Å². The van der Waals surface area contributed by atoms with E-state index in [0.717, 1.165) is 38.0 Å². The molecule has 4 aliphatic rings. The molecule has 1 spiro atoms. The number of carbonyl (C=O) groups is 2. The first-order valence-electron chi connectivity index (χ1n) is 10.3. The van der Waals surface area contributed by atoms with Crippen LogP contribution in [0.4, 0.5) is 9.18 Å². The van der Waals surface area contributed by atoms with Crippen LogP contribution in [0.15, 0.2) is 24.3 Å². The molecule has 1 unspecified atom stereocenters. The van der Waals surface area contributed by atoms with Crippen molar-refractivity contribution >= 4 is 12.0 Å². The summed E-state index contributed by atoms with van der Waals surface area (Å²) >= 11 is 0. The summed E-state index contributed by atoms with van der Waals surface area (Å²) in [5.41, 5.74) is 0.581. The standard InChI is InChI=1S/C21H26FN3O3/c22-17-5-1-15(2-6-17)13-23-11-12-25-18(14-23)21(28-20(25)27)7-9-24(10-8-21)19(26)16-3-4-16/h1-2,5-6,16,18H,3-4,7-14H2. The van der Waals surface area contributed by atoms with Crippen LogP contribution in [0.25, 0.3) is 0 Å². The van der Waals surface area contributed by atoms with Crippen molar-refractivity contribution < 1.29 is 18.7 Å². The van der Waals surface area contributed by atoms with Crippen LogP contribution in [0.1, 0.15) is 31.2 Å². The number of nitrogens with zero attached hydrogens (tertiary/aromatic N) is 3. The SMILES string of the molecule is O=C(C1CC1)N1CCC2(CC1)OC(=O)N1CCN(Cc3ccc(F)cc3)CC12. The molecule has 0 radical (unpaired) electrons. The Bertz CT molecular complexity index is 772. The number of hydrogen-bond acceptors (Lipinski definition) is 4. The van der Waals surface area contributed by atoms with Gasteiger partial charge in [0.1, 0.15) is 11.4 Å². The van der Waals surface area contributed by atoms with E-state index in [1.54, 1.807) is 0 Å². The molecule has 3 aliphatic heterocycles. The maximum Gasteiger partial charge on any atom is 0.410 e. The van der Waals surface area contributed by atoms with Crippen LogP contribution >= 0.6 is 0 Å². The lowest BCUT2D eigenvalue weighted by molar-refractivity contribution is -0.136. The molecule has 3 saturated heterocycles. The molecule has 0 aromatic heterocycles. The molecule has 1 atom stereocenters. The van der Waals surface area contributed by atoms with Crippen LogP contribution in [0, 0.1) is 11.7 Å². The third kappa shape index (κ3) is 3.15. The van der Waals surface area contributed by atoms with Crippen LogP contribution < -0.4 is 0 Å². The van der Waals surface area contributed by atoms with Gasteiger partial charge in [0.25, 0.3) is 0 Å². The lowest BCUT2D eigenvalue weighted by Gasteiger charge is -2.45. The molecule has 2 amide bonds. The van der Waals surface area contributed by atoms with E-state index in [9.17, 15) is 14.0 Å². The maximum atomic E-state index is 13.2. The van der Waals surface area contributed by atoms with Crippen LogP contribution in [0.3, 0.4) is 0 Å². The Kier molecular flexibility index (Phi) is 4.30. The normalized spacial score (nSPS) is 27.0. The van der Waals surface area contributed by atoms with Gasteiger partial charge in [-0.3, -0.25) is 14.6 Å². The summed E-state index contributed by atoms with van der Waals surface area (Å²) in [6.07, 6.45) is 3.24. The van der Waals surface area contributed by atoms with E-state index in [1.165, 1.54) is 12.1 Å². The monoisotopic (exact) mass is 387 g/mol. The summed E-state index contributed by atoms with van der Waals surface area (Å²) in [6.45, 7) is 4.26. The smallest absolute Gasteiger partial charge is 0.410 e. The Morgan fingerprint density at radius 2 is 1.82 bits per heavy atom. The predicted molar refractivity (Wildman–Crippen MR) is 99.9 cm³/mol. The molecule has 0 N–H and O–H groups in total. The molecular weight excluding hydrogens is 361 g/mol. The van der Waals surface area contributed by atoms with Crippen molar-refractivity contribution in [1.29, 1.82) is 0 Å². The number of likely N-dealkylation sites (tertiary alicyclic amines) is 1. The minimum absolute atomic E-state index is 0.0207. The fraction of sp³-hybridized carbons (Fsp3) is 0.619. The minimum atomic E-state index is -0.487. The number of benzene rings is 1. The molecule has 6 nitrogen and oxygen atoms in total. The third-order valence-corrected chi connectivity index (χ3v) is 6.76. The van der Waals surface area contributed by atoms with Crippen molar-refractivity contribution in [2.24, 2.45) is 5.92 Å². The second-order valence-corrected chi connectivity index (χ2v) is 8.60. The highest BCUT2D eigenvalue weighted by atomic mass is 19.1. The fourth-order valence-electron chi connectivity index (χ4n) is 4.93. The van der Waals surface area contributed by atoms with Gasteiger partial charge in [-0.1, -0.05) is 12.1 Å². The average Bonchev–Trinajstić information content (AvgIpc) is 3.51. The van der Waals surface area contributed by atoms with Crippen LogP contribution in [-0.2, 0) is 16.1 Å². The van der Waals surface area contributed by atoms with Gasteiger partial charge in [0, 0.05) is 58.0 Å². The van der Waals surface area contributed by atoms with Gasteiger partial charge in [-0.25, -0.2) is 9.18 Å². The Balaban J connectivity index is 1.27. The summed E-state index contributed by atoms with van der Waals surface area (Å²) in [4.78, 5) is 31.0. The first kappa shape index (κ1) is 17.9. The Hall–Kier alpha value is -2.15. The van der Waals surface area contributed by atoms with E-state index in [0.29, 0.717) is 32.5 Å². The summed E-state index contributed by atoms with van der Waals surface area (Å²) in [5.74, 6) is 0.282. The van der Waals surface area contributed by atoms with Crippen molar-refractivity contribution in [2.45, 2.75) is 43.9 Å². The number of carbonyl (C=O) groups excluding carboxylic acids is 2. The Morgan fingerprint density at radius 3 is 2.50 bits per heavy atom. The Morgan fingerprint density at radius 1 is 1.11 bits per heavy atom. The van der Waals surface area contributed by atoms with Crippen LogP contribution in [-0.4, -0.2) is 71.1 Å². The molecule has 3 heterocycles. The molecule has 150 valence electrons. The van der Waals surface area contributed by atoms with Gasteiger partial charge in [-0.05, 0) is 30.5 Å². The highest BCUT2D eigenvalue weighted by Gasteiger charge is 2.57. The predicted octanol–water partition coefficient (Wildman–Crippen LogP) is 2.23. The topological polar surface area (TPSA) is 53.1 Å². The Labute approximate surface area is 164 Å². The van der Waals surface area contributed by atoms with Gasteiger partial charge < -0.3 is 9.64 Å². The van der Waals surface area contributed by atoms with Gasteiger partial charge in [0.05, 0.1) is 6.04 Å². The molecule has 1 aromatic carbocycles. The average molecular weight is 387 g/mol. The number of amides is 2. The summed E-state index contributed by atoms with van der Waals surface area (Å²) in [7, 11) is 0. The van der Waals surface area contributed by atoms with Gasteiger partial charge in [-0.15, -0.1) is 0 Å². The zero-order chi connectivity index (χ0) is 19.3. The molecule has 0 bridgehead atoms. The molecule has 1 aliphatic carbocycles. The molecular formula is C21H26FN3O3. The summed E-state index contributed by atoms with van der Waals surface area (Å²) in [5, 5.41) is 0. The van der Waals surface area contributed by atoms with Gasteiger partial charge >= 0.3 is 6.09 Å². The zero-order valence-corrected chi connectivity index (χ0v) is 16.0. The molecule has 1 saturated carbocycles. The third-order valence-electron chi connectivity index (χ3n) is 6.76. The first-order valence-corrected chi connectivity index (χ1v) is 10.3. The van der Waals surface area contributed by atoms with E-state index in [1.807, 2.05) is 21.9 Å². The lowest BCUT2D eigenvalue weighted by atomic mass is 9.83. The van der Waals surface area contributed by atoms with Gasteiger partial charge in [0.2, 0.25) is 5.91 Å². The van der Waals surface area contributed by atoms with Gasteiger partial charge in [0.15, 0.2) is 0 Å². The van der Waals surface area contributed by atoms with E-state index < -0.39 is 5.60 Å². The van der Waals surface area contributed by atoms with E-state index in [2.05, 4.69) is 4.90 Å². The molecule has 5 rings (SSSR count). The fourth-order valence-corrected chi connectivity index (χ4v) is 4.93. The second-order valence-electron chi connectivity index (χ2n) is 8.60. The number of hydrogen-bond donors (Lipinski definition) is 0. The van der Waals surface area contributed by atoms with Crippen molar-refractivity contribution in [3.05, 3.63) is 35.6 Å².